The minimum atomic E-state index is 0.188. The van der Waals surface area contributed by atoms with Crippen LogP contribution in [0.1, 0.15) is 32.1 Å². The summed E-state index contributed by atoms with van der Waals surface area (Å²) in [7, 11) is 0. The van der Waals surface area contributed by atoms with Crippen molar-refractivity contribution in [3.8, 4) is 0 Å². The van der Waals surface area contributed by atoms with Gasteiger partial charge < -0.3 is 5.32 Å². The first-order valence-electron chi connectivity index (χ1n) is 6.61. The van der Waals surface area contributed by atoms with E-state index in [1.807, 2.05) is 23.9 Å². The maximum Gasteiger partial charge on any atom is 0.161 e. The molecule has 0 saturated heterocycles. The smallest absolute Gasteiger partial charge is 0.161 e. The van der Waals surface area contributed by atoms with Crippen molar-refractivity contribution in [3.05, 3.63) is 28.2 Å². The quantitative estimate of drug-likeness (QED) is 0.769. The van der Waals surface area contributed by atoms with Gasteiger partial charge >= 0.3 is 0 Å². The molecular weight excluding hydrogens is 299 g/mol. The average Bonchev–Trinajstić information content (AvgIpc) is 2.71. The van der Waals surface area contributed by atoms with Crippen molar-refractivity contribution >= 4 is 45.8 Å². The third-order valence-corrected chi connectivity index (χ3v) is 5.30. The summed E-state index contributed by atoms with van der Waals surface area (Å²) >= 11 is 13.8. The van der Waals surface area contributed by atoms with Crippen LogP contribution in [-0.4, -0.2) is 16.5 Å². The summed E-state index contributed by atoms with van der Waals surface area (Å²) in [6.07, 6.45) is 6.41. The van der Waals surface area contributed by atoms with Crippen molar-refractivity contribution in [1.29, 1.82) is 0 Å². The van der Waals surface area contributed by atoms with Crippen LogP contribution in [0.5, 0.6) is 0 Å². The van der Waals surface area contributed by atoms with Crippen molar-refractivity contribution in [1.82, 2.24) is 0 Å². The molecule has 1 aliphatic heterocycles. The van der Waals surface area contributed by atoms with Crippen molar-refractivity contribution in [2.45, 2.75) is 37.6 Å². The summed E-state index contributed by atoms with van der Waals surface area (Å²) in [6.45, 7) is 0. The van der Waals surface area contributed by atoms with E-state index in [0.717, 1.165) is 16.6 Å². The topological polar surface area (TPSA) is 24.4 Å². The zero-order valence-electron chi connectivity index (χ0n) is 10.6. The van der Waals surface area contributed by atoms with Gasteiger partial charge in [0.1, 0.15) is 0 Å². The fourth-order valence-electron chi connectivity index (χ4n) is 2.76. The first-order chi connectivity index (χ1) is 9.15. The van der Waals surface area contributed by atoms with Crippen molar-refractivity contribution < 1.29 is 0 Å². The van der Waals surface area contributed by atoms with E-state index < -0.39 is 0 Å². The Bertz CT molecular complexity index is 490. The lowest BCUT2D eigenvalue weighted by atomic mass is 9.84. The highest BCUT2D eigenvalue weighted by molar-refractivity contribution is 8.14. The van der Waals surface area contributed by atoms with Crippen molar-refractivity contribution in [3.63, 3.8) is 0 Å². The van der Waals surface area contributed by atoms with Gasteiger partial charge in [0.25, 0.3) is 0 Å². The average molecular weight is 315 g/mol. The molecule has 3 rings (SSSR count). The highest BCUT2D eigenvalue weighted by Crippen LogP contribution is 2.40. The molecule has 19 heavy (non-hydrogen) atoms. The maximum atomic E-state index is 6.01. The summed E-state index contributed by atoms with van der Waals surface area (Å²) in [6, 6.07) is 5.49. The Labute approximate surface area is 128 Å². The van der Waals surface area contributed by atoms with Gasteiger partial charge in [0.2, 0.25) is 0 Å². The van der Waals surface area contributed by atoms with Crippen LogP contribution in [0.3, 0.4) is 0 Å². The standard InChI is InChI=1S/C14H16Cl2N2S/c15-10-6-11(16)8-12(7-10)17-13-18-14(9-19-13)4-2-1-3-5-14/h6-8H,1-5,9H2,(H,17,18). The summed E-state index contributed by atoms with van der Waals surface area (Å²) in [4.78, 5) is 4.92. The van der Waals surface area contributed by atoms with E-state index in [0.29, 0.717) is 10.0 Å². The molecule has 0 atom stereocenters. The molecule has 2 nitrogen and oxygen atoms in total. The third kappa shape index (κ3) is 3.21. The molecule has 2 aliphatic rings. The molecular formula is C14H16Cl2N2S. The normalized spacial score (nSPS) is 21.5. The number of halogens is 2. The number of anilines is 1. The predicted molar refractivity (Wildman–Crippen MR) is 85.8 cm³/mol. The van der Waals surface area contributed by atoms with Gasteiger partial charge in [-0.1, -0.05) is 54.2 Å². The lowest BCUT2D eigenvalue weighted by Gasteiger charge is -2.29. The number of hydrogen-bond donors (Lipinski definition) is 1. The van der Waals surface area contributed by atoms with Gasteiger partial charge in [0.15, 0.2) is 5.17 Å². The zero-order valence-corrected chi connectivity index (χ0v) is 12.9. The number of aliphatic imine (C=N–C) groups is 1. The molecule has 1 fully saturated rings. The van der Waals surface area contributed by atoms with Crippen LogP contribution in [0.15, 0.2) is 23.2 Å². The molecule has 1 aromatic carbocycles. The number of amidine groups is 1. The number of nitrogens with one attached hydrogen (secondary N) is 1. The Kier molecular flexibility index (Phi) is 3.97. The Morgan fingerprint density at radius 3 is 2.42 bits per heavy atom. The van der Waals surface area contributed by atoms with E-state index in [2.05, 4.69) is 5.32 Å². The lowest BCUT2D eigenvalue weighted by Crippen LogP contribution is -2.29. The second-order valence-corrected chi connectivity index (χ2v) is 7.11. The maximum absolute atomic E-state index is 6.01. The molecule has 1 N–H and O–H groups in total. The lowest BCUT2D eigenvalue weighted by molar-refractivity contribution is 0.335. The molecule has 0 radical (unpaired) electrons. The zero-order chi connectivity index (χ0) is 13.3. The molecule has 1 aromatic rings. The van der Waals surface area contributed by atoms with E-state index in [-0.39, 0.29) is 5.54 Å². The minimum absolute atomic E-state index is 0.188. The number of thioether (sulfide) groups is 1. The van der Waals surface area contributed by atoms with Gasteiger partial charge in [-0.3, -0.25) is 4.99 Å². The van der Waals surface area contributed by atoms with Gasteiger partial charge in [-0.2, -0.15) is 0 Å². The van der Waals surface area contributed by atoms with E-state index in [9.17, 15) is 0 Å². The minimum Gasteiger partial charge on any atom is -0.335 e. The molecule has 0 unspecified atom stereocenters. The van der Waals surface area contributed by atoms with Crippen LogP contribution in [-0.2, 0) is 0 Å². The molecule has 1 aliphatic carbocycles. The monoisotopic (exact) mass is 314 g/mol. The molecule has 0 amide bonds. The highest BCUT2D eigenvalue weighted by atomic mass is 35.5. The van der Waals surface area contributed by atoms with E-state index in [1.54, 1.807) is 6.07 Å². The number of hydrogen-bond acceptors (Lipinski definition) is 3. The highest BCUT2D eigenvalue weighted by Gasteiger charge is 2.36. The molecule has 0 bridgehead atoms. The van der Waals surface area contributed by atoms with Gasteiger partial charge in [-0.15, -0.1) is 0 Å². The summed E-state index contributed by atoms with van der Waals surface area (Å²) in [5, 5.41) is 5.63. The Morgan fingerprint density at radius 1 is 1.05 bits per heavy atom. The fraction of sp³-hybridized carbons (Fsp3) is 0.500. The Morgan fingerprint density at radius 2 is 1.74 bits per heavy atom. The molecule has 5 heteroatoms. The second kappa shape index (κ2) is 5.55. The van der Waals surface area contributed by atoms with Crippen molar-refractivity contribution in [2.75, 3.05) is 11.1 Å². The van der Waals surface area contributed by atoms with Crippen LogP contribution < -0.4 is 5.32 Å². The Hall–Kier alpha value is -0.380. The SMILES string of the molecule is Clc1cc(Cl)cc(NC2=NC3(CCCCC3)CS2)c1. The molecule has 1 spiro atoms. The van der Waals surface area contributed by atoms with Crippen molar-refractivity contribution in [2.24, 2.45) is 4.99 Å². The van der Waals surface area contributed by atoms with Gasteiger partial charge in [0.05, 0.1) is 5.54 Å². The predicted octanol–water partition coefficient (Wildman–Crippen LogP) is 5.21. The van der Waals surface area contributed by atoms with Crippen LogP contribution in [0.4, 0.5) is 5.69 Å². The van der Waals surface area contributed by atoms with Crippen LogP contribution >= 0.6 is 35.0 Å². The van der Waals surface area contributed by atoms with E-state index in [4.69, 9.17) is 28.2 Å². The van der Waals surface area contributed by atoms with Gasteiger partial charge in [0, 0.05) is 21.5 Å². The largest absolute Gasteiger partial charge is 0.335 e. The molecule has 1 heterocycles. The van der Waals surface area contributed by atoms with E-state index in [1.165, 1.54) is 32.1 Å². The summed E-state index contributed by atoms with van der Waals surface area (Å²) in [5.41, 5.74) is 1.10. The molecule has 1 saturated carbocycles. The van der Waals surface area contributed by atoms with Gasteiger partial charge in [-0.25, -0.2) is 0 Å². The number of nitrogens with zero attached hydrogens (tertiary/aromatic N) is 1. The summed E-state index contributed by atoms with van der Waals surface area (Å²) < 4.78 is 0. The van der Waals surface area contributed by atoms with Crippen LogP contribution in [0, 0.1) is 0 Å². The first kappa shape index (κ1) is 13.6. The Balaban J connectivity index is 1.75. The molecule has 0 aromatic heterocycles. The van der Waals surface area contributed by atoms with E-state index >= 15 is 0 Å². The van der Waals surface area contributed by atoms with Gasteiger partial charge in [-0.05, 0) is 31.0 Å². The summed E-state index contributed by atoms with van der Waals surface area (Å²) in [5.74, 6) is 1.10. The number of benzene rings is 1. The second-order valence-electron chi connectivity index (χ2n) is 5.27. The number of rotatable bonds is 1. The van der Waals surface area contributed by atoms with Crippen LogP contribution in [0.2, 0.25) is 10.0 Å². The molecule has 102 valence electrons. The first-order valence-corrected chi connectivity index (χ1v) is 8.35. The fourth-order valence-corrected chi connectivity index (χ4v) is 4.50. The van der Waals surface area contributed by atoms with Crippen LogP contribution in [0.25, 0.3) is 0 Å². The third-order valence-electron chi connectivity index (χ3n) is 3.71.